The van der Waals surface area contributed by atoms with Gasteiger partial charge in [0.25, 0.3) is 0 Å². The summed E-state index contributed by atoms with van der Waals surface area (Å²) in [6.07, 6.45) is 0.134. The van der Waals surface area contributed by atoms with Crippen LogP contribution in [0.5, 0.6) is 0 Å². The van der Waals surface area contributed by atoms with Crippen molar-refractivity contribution >= 4 is 30.3 Å². The second kappa shape index (κ2) is 3.89. The minimum Gasteiger partial charge on any atom is -0.306 e. The largest absolute Gasteiger partial charge is 0.306 e. The molecule has 0 radical (unpaired) electrons. The summed E-state index contributed by atoms with van der Waals surface area (Å²) in [6, 6.07) is 0. The molecule has 0 aromatic heterocycles. The summed E-state index contributed by atoms with van der Waals surface area (Å²) in [7, 11) is 3.92. The van der Waals surface area contributed by atoms with Crippen molar-refractivity contribution in [3.63, 3.8) is 0 Å². The Labute approximate surface area is 82.9 Å². The highest BCUT2D eigenvalue weighted by Gasteiger charge is 2.33. The quantitative estimate of drug-likeness (QED) is 0.672. The molecule has 1 aliphatic heterocycles. The molecule has 0 spiro atoms. The summed E-state index contributed by atoms with van der Waals surface area (Å²) in [4.78, 5) is 15.2. The van der Waals surface area contributed by atoms with Crippen LogP contribution in [0.2, 0.25) is 0 Å². The molecule has 1 fully saturated rings. The van der Waals surface area contributed by atoms with Gasteiger partial charge in [0.2, 0.25) is 5.91 Å². The number of hydrogen-bond donors (Lipinski definition) is 1. The Kier molecular flexibility index (Phi) is 3.31. The number of carbonyl (C=O) groups excluding carboxylic acids is 1. The fraction of sp³-hybridized carbons (Fsp3) is 0.857. The number of hydrogen-bond acceptors (Lipinski definition) is 4. The molecular formula is C7H14N2OS2. The van der Waals surface area contributed by atoms with Gasteiger partial charge in [0.05, 0.1) is 11.9 Å². The van der Waals surface area contributed by atoms with E-state index in [4.69, 9.17) is 0 Å². The predicted molar refractivity (Wildman–Crippen MR) is 55.2 cm³/mol. The van der Waals surface area contributed by atoms with Crippen molar-refractivity contribution in [2.45, 2.75) is 17.8 Å². The van der Waals surface area contributed by atoms with Gasteiger partial charge in [-0.3, -0.25) is 9.69 Å². The zero-order chi connectivity index (χ0) is 9.30. The molecule has 5 heteroatoms. The van der Waals surface area contributed by atoms with Crippen LogP contribution in [0.3, 0.4) is 0 Å². The maximum Gasteiger partial charge on any atom is 0.235 e. The minimum absolute atomic E-state index is 0.0231. The van der Waals surface area contributed by atoms with E-state index in [1.165, 1.54) is 0 Å². The molecule has 70 valence electrons. The SMILES string of the molecule is CC(N(C)C)N1C(=O)CSC1S. The summed E-state index contributed by atoms with van der Waals surface area (Å²) in [5.74, 6) is 0.744. The Morgan fingerprint density at radius 3 is 2.67 bits per heavy atom. The fourth-order valence-corrected chi connectivity index (χ4v) is 2.51. The Morgan fingerprint density at radius 1 is 1.75 bits per heavy atom. The van der Waals surface area contributed by atoms with E-state index >= 15 is 0 Å². The van der Waals surface area contributed by atoms with Crippen molar-refractivity contribution in [1.82, 2.24) is 9.80 Å². The van der Waals surface area contributed by atoms with E-state index in [-0.39, 0.29) is 16.8 Å². The minimum atomic E-state index is 0.0231. The van der Waals surface area contributed by atoms with Gasteiger partial charge in [-0.2, -0.15) is 0 Å². The molecule has 0 aromatic carbocycles. The molecule has 1 aliphatic rings. The molecule has 0 N–H and O–H groups in total. The van der Waals surface area contributed by atoms with Gasteiger partial charge in [0.1, 0.15) is 4.71 Å². The van der Waals surface area contributed by atoms with Crippen molar-refractivity contribution in [1.29, 1.82) is 0 Å². The standard InChI is InChI=1S/C7H14N2OS2/c1-5(8(2)3)9-6(10)4-12-7(9)11/h5,7,11H,4H2,1-3H3. The van der Waals surface area contributed by atoms with Gasteiger partial charge >= 0.3 is 0 Å². The van der Waals surface area contributed by atoms with Crippen molar-refractivity contribution in [3.8, 4) is 0 Å². The molecule has 0 bridgehead atoms. The lowest BCUT2D eigenvalue weighted by Gasteiger charge is -2.32. The van der Waals surface area contributed by atoms with Crippen LogP contribution in [0.4, 0.5) is 0 Å². The van der Waals surface area contributed by atoms with Gasteiger partial charge in [0, 0.05) is 0 Å². The van der Waals surface area contributed by atoms with Crippen molar-refractivity contribution in [3.05, 3.63) is 0 Å². The molecule has 3 nitrogen and oxygen atoms in total. The van der Waals surface area contributed by atoms with E-state index in [0.717, 1.165) is 0 Å². The lowest BCUT2D eigenvalue weighted by Crippen LogP contribution is -2.46. The highest BCUT2D eigenvalue weighted by molar-refractivity contribution is 8.11. The number of carbonyl (C=O) groups is 1. The van der Waals surface area contributed by atoms with E-state index in [1.807, 2.05) is 25.9 Å². The van der Waals surface area contributed by atoms with Gasteiger partial charge < -0.3 is 4.90 Å². The van der Waals surface area contributed by atoms with Crippen LogP contribution in [0.1, 0.15) is 6.92 Å². The molecule has 0 aliphatic carbocycles. The molecule has 0 saturated carbocycles. The highest BCUT2D eigenvalue weighted by atomic mass is 32.2. The maximum absolute atomic E-state index is 11.4. The third-order valence-corrected chi connectivity index (χ3v) is 3.67. The van der Waals surface area contributed by atoms with Gasteiger partial charge in [-0.1, -0.05) is 0 Å². The van der Waals surface area contributed by atoms with E-state index in [1.54, 1.807) is 16.7 Å². The van der Waals surface area contributed by atoms with Crippen molar-refractivity contribution in [2.75, 3.05) is 19.8 Å². The molecule has 12 heavy (non-hydrogen) atoms. The van der Waals surface area contributed by atoms with Crippen molar-refractivity contribution in [2.24, 2.45) is 0 Å². The normalized spacial score (nSPS) is 26.9. The Morgan fingerprint density at radius 2 is 2.33 bits per heavy atom. The van der Waals surface area contributed by atoms with E-state index in [0.29, 0.717) is 5.75 Å². The second-order valence-electron chi connectivity index (χ2n) is 3.03. The fourth-order valence-electron chi connectivity index (χ4n) is 1.07. The molecule has 1 saturated heterocycles. The van der Waals surface area contributed by atoms with E-state index < -0.39 is 0 Å². The Bertz CT molecular complexity index is 186. The molecule has 0 aromatic rings. The van der Waals surface area contributed by atoms with E-state index in [2.05, 4.69) is 12.6 Å². The molecule has 1 heterocycles. The third kappa shape index (κ3) is 1.89. The topological polar surface area (TPSA) is 23.6 Å². The zero-order valence-electron chi connectivity index (χ0n) is 7.52. The van der Waals surface area contributed by atoms with Crippen LogP contribution >= 0.6 is 24.4 Å². The van der Waals surface area contributed by atoms with Crippen LogP contribution in [-0.4, -0.2) is 46.4 Å². The smallest absolute Gasteiger partial charge is 0.235 e. The first-order chi connectivity index (χ1) is 5.54. The molecule has 2 unspecified atom stereocenters. The van der Waals surface area contributed by atoms with Gasteiger partial charge in [0.15, 0.2) is 0 Å². The second-order valence-corrected chi connectivity index (χ2v) is 4.94. The summed E-state index contributed by atoms with van der Waals surface area (Å²) in [5.41, 5.74) is 0. The summed E-state index contributed by atoms with van der Waals surface area (Å²) in [6.45, 7) is 2.01. The number of rotatable bonds is 2. The number of nitrogens with zero attached hydrogens (tertiary/aromatic N) is 2. The Hall–Kier alpha value is 0.130. The first-order valence-corrected chi connectivity index (χ1v) is 5.38. The third-order valence-electron chi connectivity index (χ3n) is 2.03. The summed E-state index contributed by atoms with van der Waals surface area (Å²) in [5, 5.41) is 0. The van der Waals surface area contributed by atoms with Crippen LogP contribution in [0.25, 0.3) is 0 Å². The lowest BCUT2D eigenvalue weighted by atomic mass is 10.4. The molecule has 1 amide bonds. The number of thioether (sulfide) groups is 1. The lowest BCUT2D eigenvalue weighted by molar-refractivity contribution is -0.131. The van der Waals surface area contributed by atoms with Gasteiger partial charge in [-0.15, -0.1) is 24.4 Å². The molecule has 2 atom stereocenters. The Balaban J connectivity index is 2.65. The van der Waals surface area contributed by atoms with Crippen LogP contribution in [-0.2, 0) is 4.79 Å². The predicted octanol–water partition coefficient (Wildman–Crippen LogP) is 0.683. The van der Waals surface area contributed by atoms with Crippen LogP contribution < -0.4 is 0 Å². The zero-order valence-corrected chi connectivity index (χ0v) is 9.23. The average molecular weight is 206 g/mol. The maximum atomic E-state index is 11.4. The monoisotopic (exact) mass is 206 g/mol. The first-order valence-electron chi connectivity index (χ1n) is 3.81. The highest BCUT2D eigenvalue weighted by Crippen LogP contribution is 2.29. The number of thiol groups is 1. The first kappa shape index (κ1) is 10.2. The van der Waals surface area contributed by atoms with Gasteiger partial charge in [-0.25, -0.2) is 0 Å². The summed E-state index contributed by atoms with van der Waals surface area (Å²) < 4.78 is 0.0231. The van der Waals surface area contributed by atoms with E-state index in [9.17, 15) is 4.79 Å². The van der Waals surface area contributed by atoms with Crippen LogP contribution in [0, 0.1) is 0 Å². The average Bonchev–Trinajstić information content (AvgIpc) is 2.30. The summed E-state index contributed by atoms with van der Waals surface area (Å²) >= 11 is 5.90. The number of amides is 1. The van der Waals surface area contributed by atoms with Crippen LogP contribution in [0.15, 0.2) is 0 Å². The van der Waals surface area contributed by atoms with Crippen molar-refractivity contribution < 1.29 is 4.79 Å². The molecular weight excluding hydrogens is 192 g/mol. The van der Waals surface area contributed by atoms with Gasteiger partial charge in [-0.05, 0) is 21.0 Å². The molecule has 1 rings (SSSR count).